The fourth-order valence-corrected chi connectivity index (χ4v) is 8.95. The van der Waals surface area contributed by atoms with E-state index in [2.05, 4.69) is 20.9 Å². The van der Waals surface area contributed by atoms with Crippen molar-refractivity contribution in [3.8, 4) is 17.2 Å². The number of amides is 1. The smallest absolute Gasteiger partial charge is 0.266 e. The Morgan fingerprint density at radius 3 is 2.30 bits per heavy atom. The predicted octanol–water partition coefficient (Wildman–Crippen LogP) is 6.85. The van der Waals surface area contributed by atoms with Crippen LogP contribution >= 0.6 is 23.2 Å². The third-order valence-corrected chi connectivity index (χ3v) is 12.1. The summed E-state index contributed by atoms with van der Waals surface area (Å²) in [5, 5.41) is 4.41. The second kappa shape index (κ2) is 18.2. The summed E-state index contributed by atoms with van der Waals surface area (Å²) in [6.07, 6.45) is 3.17. The minimum atomic E-state index is -4.07. The van der Waals surface area contributed by atoms with E-state index in [-0.39, 0.29) is 18.2 Å². The summed E-state index contributed by atoms with van der Waals surface area (Å²) in [6.45, 7) is 6.43. The van der Waals surface area contributed by atoms with Gasteiger partial charge < -0.3 is 38.6 Å². The first-order valence-corrected chi connectivity index (χ1v) is 21.4. The van der Waals surface area contributed by atoms with Gasteiger partial charge in [0.25, 0.3) is 16.0 Å². The van der Waals surface area contributed by atoms with Gasteiger partial charge in [-0.1, -0.05) is 41.4 Å². The normalized spacial score (nSPS) is 19.6. The van der Waals surface area contributed by atoms with Crippen LogP contribution in [0.4, 0.5) is 5.95 Å². The Morgan fingerprint density at radius 2 is 1.66 bits per heavy atom. The van der Waals surface area contributed by atoms with Crippen molar-refractivity contribution in [1.29, 1.82) is 0 Å². The molecule has 3 aromatic carbocycles. The molecular weight excluding hydrogens is 781 g/mol. The third kappa shape index (κ3) is 9.16. The SMILES string of the molecule is CCOCCn1c(NC2CCN(CCC3(c4ccc(Cl)c(Cl)c4)CCCN(C(=O)c4cc(OC)c(OC)c(OC)c4)C3OS(C)(=O)=O)CC2)nc2ccccc21. The Morgan fingerprint density at radius 1 is 0.946 bits per heavy atom. The quantitative estimate of drug-likeness (QED) is 0.0940. The molecule has 4 aromatic rings. The minimum absolute atomic E-state index is 0.209. The van der Waals surface area contributed by atoms with Crippen LogP contribution < -0.4 is 19.5 Å². The van der Waals surface area contributed by atoms with Gasteiger partial charge >= 0.3 is 0 Å². The Kier molecular flexibility index (Phi) is 13.6. The number of anilines is 1. The Balaban J connectivity index is 1.26. The number of carbonyl (C=O) groups is 1. The summed E-state index contributed by atoms with van der Waals surface area (Å²) in [6, 6.07) is 16.8. The van der Waals surface area contributed by atoms with Gasteiger partial charge in [-0.3, -0.25) is 4.79 Å². The maximum Gasteiger partial charge on any atom is 0.266 e. The number of para-hydroxylation sites is 2. The summed E-state index contributed by atoms with van der Waals surface area (Å²) in [5.74, 6) is 1.32. The first kappa shape index (κ1) is 41.8. The van der Waals surface area contributed by atoms with Crippen molar-refractivity contribution < 1.29 is 36.3 Å². The lowest BCUT2D eigenvalue weighted by molar-refractivity contribution is -0.0514. The van der Waals surface area contributed by atoms with E-state index in [4.69, 9.17) is 51.3 Å². The van der Waals surface area contributed by atoms with Crippen molar-refractivity contribution in [3.63, 3.8) is 0 Å². The molecule has 16 heteroatoms. The lowest BCUT2D eigenvalue weighted by Gasteiger charge is -2.50. The van der Waals surface area contributed by atoms with Crippen molar-refractivity contribution in [2.45, 2.75) is 63.3 Å². The molecule has 0 bridgehead atoms. The molecule has 1 aromatic heterocycles. The number of imidazole rings is 1. The zero-order chi connectivity index (χ0) is 40.0. The lowest BCUT2D eigenvalue weighted by atomic mass is 9.69. The maximum atomic E-state index is 14.5. The molecule has 0 aliphatic carbocycles. The van der Waals surface area contributed by atoms with E-state index < -0.39 is 27.7 Å². The maximum absolute atomic E-state index is 14.5. The number of nitrogens with zero attached hydrogens (tertiary/aromatic N) is 4. The molecule has 1 N–H and O–H groups in total. The number of carbonyl (C=O) groups excluding carboxylic acids is 1. The van der Waals surface area contributed by atoms with Gasteiger partial charge in [-0.25, -0.2) is 9.17 Å². The van der Waals surface area contributed by atoms with Gasteiger partial charge in [0.05, 0.1) is 55.3 Å². The summed E-state index contributed by atoms with van der Waals surface area (Å²) in [5.41, 5.74) is 2.01. The standard InChI is InChI=1S/C40H51Cl2N5O8S/c1-6-54-23-22-46-33-11-8-7-10-32(33)44-39(46)43-29-14-19-45(20-15-29)21-17-40(28-12-13-30(41)31(42)26-28)16-9-18-47(38(40)55-56(5,49)50)37(48)27-24-34(51-2)36(53-4)35(25-27)52-3/h7-8,10-13,24-26,29,38H,6,9,14-23H2,1-5H3,(H,43,44). The van der Waals surface area contributed by atoms with Gasteiger partial charge in [-0.15, -0.1) is 0 Å². The number of hydrogen-bond donors (Lipinski definition) is 1. The molecular formula is C40H51Cl2N5O8S. The van der Waals surface area contributed by atoms with Crippen LogP contribution in [0.5, 0.6) is 17.2 Å². The van der Waals surface area contributed by atoms with Gasteiger partial charge in [0.15, 0.2) is 17.7 Å². The van der Waals surface area contributed by atoms with Crippen molar-refractivity contribution in [2.24, 2.45) is 0 Å². The number of hydrogen-bond acceptors (Lipinski definition) is 11. The van der Waals surface area contributed by atoms with E-state index in [0.29, 0.717) is 72.9 Å². The monoisotopic (exact) mass is 831 g/mol. The average Bonchev–Trinajstić information content (AvgIpc) is 3.54. The number of piperidine rings is 2. The van der Waals surface area contributed by atoms with Crippen molar-refractivity contribution >= 4 is 56.2 Å². The van der Waals surface area contributed by atoms with Crippen LogP contribution in [0, 0.1) is 0 Å². The van der Waals surface area contributed by atoms with Crippen LogP contribution in [0.1, 0.15) is 54.9 Å². The van der Waals surface area contributed by atoms with Crippen LogP contribution in [0.15, 0.2) is 54.6 Å². The molecule has 6 rings (SSSR count). The summed E-state index contributed by atoms with van der Waals surface area (Å²) < 4.78 is 56.6. The number of methoxy groups -OCH3 is 3. The second-order valence-corrected chi connectivity index (χ2v) is 16.7. The molecule has 0 radical (unpaired) electrons. The molecule has 2 saturated heterocycles. The van der Waals surface area contributed by atoms with Crippen LogP contribution in [0.25, 0.3) is 11.0 Å². The van der Waals surface area contributed by atoms with Gasteiger partial charge in [-0.2, -0.15) is 8.42 Å². The molecule has 2 unspecified atom stereocenters. The molecule has 3 heterocycles. The van der Waals surface area contributed by atoms with Crippen LogP contribution in [0.3, 0.4) is 0 Å². The van der Waals surface area contributed by atoms with Gasteiger partial charge in [-0.05, 0) is 87.5 Å². The van der Waals surface area contributed by atoms with E-state index >= 15 is 0 Å². The van der Waals surface area contributed by atoms with Crippen molar-refractivity contribution in [3.05, 3.63) is 75.8 Å². The number of likely N-dealkylation sites (tertiary alicyclic amines) is 2. The van der Waals surface area contributed by atoms with Crippen LogP contribution in [0.2, 0.25) is 10.0 Å². The highest BCUT2D eigenvalue weighted by molar-refractivity contribution is 7.86. The molecule has 56 heavy (non-hydrogen) atoms. The van der Waals surface area contributed by atoms with E-state index in [1.54, 1.807) is 24.3 Å². The molecule has 0 spiro atoms. The summed E-state index contributed by atoms with van der Waals surface area (Å²) in [7, 11) is 0.353. The number of ether oxygens (including phenoxy) is 4. The van der Waals surface area contributed by atoms with E-state index in [9.17, 15) is 13.2 Å². The number of aromatic nitrogens is 2. The summed E-state index contributed by atoms with van der Waals surface area (Å²) in [4.78, 5) is 23.3. The van der Waals surface area contributed by atoms with Crippen LogP contribution in [-0.4, -0.2) is 113 Å². The molecule has 304 valence electrons. The Hall–Kier alpha value is -3.79. The molecule has 13 nitrogen and oxygen atoms in total. The summed E-state index contributed by atoms with van der Waals surface area (Å²) >= 11 is 13.0. The number of nitrogens with one attached hydrogen (secondary N) is 1. The highest BCUT2D eigenvalue weighted by Crippen LogP contribution is 2.46. The number of fused-ring (bicyclic) bond motifs is 1. The lowest BCUT2D eigenvalue weighted by Crippen LogP contribution is -2.59. The van der Waals surface area contributed by atoms with Crippen molar-refractivity contribution in [2.75, 3.05) is 72.3 Å². The Labute approximate surface area is 339 Å². The fourth-order valence-electron chi connectivity index (χ4n) is 8.03. The van der Waals surface area contributed by atoms with Gasteiger partial charge in [0.1, 0.15) is 0 Å². The topological polar surface area (TPSA) is 134 Å². The zero-order valence-corrected chi connectivity index (χ0v) is 34.9. The van der Waals surface area contributed by atoms with Gasteiger partial charge in [0, 0.05) is 49.8 Å². The number of halogens is 2. The van der Waals surface area contributed by atoms with E-state index in [1.165, 1.54) is 26.2 Å². The average molecular weight is 833 g/mol. The van der Waals surface area contributed by atoms with E-state index in [0.717, 1.165) is 54.7 Å². The molecule has 2 fully saturated rings. The first-order valence-electron chi connectivity index (χ1n) is 18.9. The van der Waals surface area contributed by atoms with Gasteiger partial charge in [0.2, 0.25) is 11.7 Å². The molecule has 2 aliphatic rings. The molecule has 0 saturated carbocycles. The zero-order valence-electron chi connectivity index (χ0n) is 32.6. The first-order chi connectivity index (χ1) is 26.9. The number of rotatable bonds is 16. The van der Waals surface area contributed by atoms with E-state index in [1.807, 2.05) is 31.2 Å². The van der Waals surface area contributed by atoms with Crippen molar-refractivity contribution in [1.82, 2.24) is 19.4 Å². The Bertz CT molecular complexity index is 2080. The molecule has 1 amide bonds. The molecule has 2 atom stereocenters. The predicted molar refractivity (Wildman–Crippen MR) is 218 cm³/mol. The third-order valence-electron chi connectivity index (χ3n) is 10.8. The largest absolute Gasteiger partial charge is 0.493 e. The highest BCUT2D eigenvalue weighted by atomic mass is 35.5. The fraction of sp³-hybridized carbons (Fsp3) is 0.500. The molecule has 2 aliphatic heterocycles. The highest BCUT2D eigenvalue weighted by Gasteiger charge is 2.50. The van der Waals surface area contributed by atoms with Crippen LogP contribution in [-0.2, 0) is 31.0 Å². The number of benzene rings is 3. The second-order valence-electron chi connectivity index (χ2n) is 14.2. The minimum Gasteiger partial charge on any atom is -0.493 e.